The summed E-state index contributed by atoms with van der Waals surface area (Å²) in [7, 11) is 1.66. The lowest BCUT2D eigenvalue weighted by Gasteiger charge is -2.19. The molecule has 4 rings (SSSR count). The van der Waals surface area contributed by atoms with Crippen molar-refractivity contribution in [2.24, 2.45) is 0 Å². The van der Waals surface area contributed by atoms with Gasteiger partial charge in [0, 0.05) is 17.8 Å². The van der Waals surface area contributed by atoms with E-state index in [2.05, 4.69) is 9.38 Å². The molecular formula is C17H16N2O3. The minimum atomic E-state index is 0.583. The molecule has 5 heteroatoms. The predicted molar refractivity (Wildman–Crippen MR) is 82.9 cm³/mol. The van der Waals surface area contributed by atoms with Crippen LogP contribution in [0.1, 0.15) is 5.69 Å². The van der Waals surface area contributed by atoms with Crippen molar-refractivity contribution in [2.75, 3.05) is 20.3 Å². The quantitative estimate of drug-likeness (QED) is 0.729. The van der Waals surface area contributed by atoms with Crippen molar-refractivity contribution in [2.45, 2.75) is 6.92 Å². The van der Waals surface area contributed by atoms with Crippen molar-refractivity contribution in [1.29, 1.82) is 0 Å². The van der Waals surface area contributed by atoms with E-state index in [1.54, 1.807) is 7.11 Å². The highest BCUT2D eigenvalue weighted by Crippen LogP contribution is 2.36. The third-order valence-corrected chi connectivity index (χ3v) is 3.82. The van der Waals surface area contributed by atoms with Crippen LogP contribution in [0.2, 0.25) is 0 Å². The molecule has 0 radical (unpaired) electrons. The topological polar surface area (TPSA) is 45.0 Å². The summed E-state index contributed by atoms with van der Waals surface area (Å²) < 4.78 is 18.6. The molecule has 0 saturated carbocycles. The fourth-order valence-corrected chi connectivity index (χ4v) is 2.81. The van der Waals surface area contributed by atoms with E-state index in [1.807, 2.05) is 43.5 Å². The second kappa shape index (κ2) is 4.94. The van der Waals surface area contributed by atoms with Crippen LogP contribution >= 0.6 is 0 Å². The van der Waals surface area contributed by atoms with Crippen molar-refractivity contribution in [3.8, 4) is 28.5 Å². The van der Waals surface area contributed by atoms with Gasteiger partial charge in [-0.15, -0.1) is 0 Å². The van der Waals surface area contributed by atoms with Crippen molar-refractivity contribution in [1.82, 2.24) is 9.38 Å². The summed E-state index contributed by atoms with van der Waals surface area (Å²) in [5.74, 6) is 2.38. The normalized spacial score (nSPS) is 13.4. The van der Waals surface area contributed by atoms with Gasteiger partial charge < -0.3 is 14.2 Å². The first-order valence-corrected chi connectivity index (χ1v) is 7.19. The Morgan fingerprint density at radius 3 is 2.73 bits per heavy atom. The Kier molecular flexibility index (Phi) is 2.92. The van der Waals surface area contributed by atoms with Crippen LogP contribution in [0, 0.1) is 6.92 Å². The molecule has 0 aliphatic carbocycles. The van der Waals surface area contributed by atoms with Gasteiger partial charge >= 0.3 is 0 Å². The molecule has 1 aliphatic heterocycles. The van der Waals surface area contributed by atoms with E-state index >= 15 is 0 Å². The highest BCUT2D eigenvalue weighted by atomic mass is 16.6. The molecule has 3 aromatic rings. The molecule has 0 N–H and O–H groups in total. The Labute approximate surface area is 128 Å². The molecule has 5 nitrogen and oxygen atoms in total. The zero-order chi connectivity index (χ0) is 15.1. The highest BCUT2D eigenvalue weighted by Gasteiger charge is 2.16. The van der Waals surface area contributed by atoms with Crippen LogP contribution < -0.4 is 14.2 Å². The summed E-state index contributed by atoms with van der Waals surface area (Å²) in [6.45, 7) is 3.19. The van der Waals surface area contributed by atoms with Crippen LogP contribution in [-0.4, -0.2) is 29.7 Å². The minimum absolute atomic E-state index is 0.583. The van der Waals surface area contributed by atoms with E-state index in [0.29, 0.717) is 13.2 Å². The first-order chi connectivity index (χ1) is 10.8. The number of hydrogen-bond acceptors (Lipinski definition) is 4. The molecular weight excluding hydrogens is 280 g/mol. The second-order valence-electron chi connectivity index (χ2n) is 5.20. The number of benzene rings is 1. The van der Waals surface area contributed by atoms with Gasteiger partial charge in [-0.05, 0) is 31.2 Å². The molecule has 0 fully saturated rings. The molecule has 0 spiro atoms. The highest BCUT2D eigenvalue weighted by molar-refractivity contribution is 5.70. The van der Waals surface area contributed by atoms with Gasteiger partial charge in [0.2, 0.25) is 0 Å². The van der Waals surface area contributed by atoms with Crippen LogP contribution in [0.5, 0.6) is 17.2 Å². The van der Waals surface area contributed by atoms with E-state index < -0.39 is 0 Å². The van der Waals surface area contributed by atoms with E-state index in [9.17, 15) is 0 Å². The number of hydrogen-bond donors (Lipinski definition) is 0. The zero-order valence-electron chi connectivity index (χ0n) is 12.5. The number of nitrogens with zero attached hydrogens (tertiary/aromatic N) is 2. The third kappa shape index (κ3) is 1.97. The fourth-order valence-electron chi connectivity index (χ4n) is 2.81. The summed E-state index contributed by atoms with van der Waals surface area (Å²) in [4.78, 5) is 4.62. The average molecular weight is 296 g/mol. The maximum atomic E-state index is 5.68. The van der Waals surface area contributed by atoms with Crippen molar-refractivity contribution in [3.63, 3.8) is 0 Å². The van der Waals surface area contributed by atoms with Crippen LogP contribution in [-0.2, 0) is 0 Å². The molecule has 0 atom stereocenters. The zero-order valence-corrected chi connectivity index (χ0v) is 12.5. The number of pyridine rings is 1. The predicted octanol–water partition coefficient (Wildman–Crippen LogP) is 3.09. The van der Waals surface area contributed by atoms with Gasteiger partial charge in [-0.25, -0.2) is 4.98 Å². The Balaban J connectivity index is 1.88. The van der Waals surface area contributed by atoms with E-state index in [-0.39, 0.29) is 0 Å². The number of aromatic nitrogens is 2. The summed E-state index contributed by atoms with van der Waals surface area (Å²) in [5, 5.41) is 0. The van der Waals surface area contributed by atoms with Crippen molar-refractivity contribution < 1.29 is 14.2 Å². The summed E-state index contributed by atoms with van der Waals surface area (Å²) >= 11 is 0. The number of ether oxygens (including phenoxy) is 3. The Bertz CT molecular complexity index is 854. The number of methoxy groups -OCH3 is 1. The van der Waals surface area contributed by atoms with Crippen LogP contribution in [0.15, 0.2) is 36.5 Å². The van der Waals surface area contributed by atoms with Crippen molar-refractivity contribution in [3.05, 3.63) is 42.2 Å². The molecule has 112 valence electrons. The van der Waals surface area contributed by atoms with E-state index in [4.69, 9.17) is 14.2 Å². The molecule has 1 aromatic carbocycles. The SMILES string of the molecule is COc1ccn2c(-c3ccc4c(c3)OCCO4)c(C)nc2c1. The molecule has 0 amide bonds. The molecule has 0 unspecified atom stereocenters. The minimum Gasteiger partial charge on any atom is -0.497 e. The van der Waals surface area contributed by atoms with Gasteiger partial charge in [0.05, 0.1) is 18.5 Å². The first-order valence-electron chi connectivity index (χ1n) is 7.19. The molecule has 0 saturated heterocycles. The maximum absolute atomic E-state index is 5.68. The number of fused-ring (bicyclic) bond motifs is 2. The number of imidazole rings is 1. The molecule has 2 aromatic heterocycles. The number of rotatable bonds is 2. The summed E-state index contributed by atoms with van der Waals surface area (Å²) in [6.07, 6.45) is 1.97. The molecule has 3 heterocycles. The largest absolute Gasteiger partial charge is 0.497 e. The maximum Gasteiger partial charge on any atom is 0.162 e. The van der Waals surface area contributed by atoms with Crippen LogP contribution in [0.3, 0.4) is 0 Å². The summed E-state index contributed by atoms with van der Waals surface area (Å²) in [5.41, 5.74) is 3.93. The van der Waals surface area contributed by atoms with Gasteiger partial charge in [0.25, 0.3) is 0 Å². The van der Waals surface area contributed by atoms with Crippen molar-refractivity contribution >= 4 is 5.65 Å². The average Bonchev–Trinajstić information content (AvgIpc) is 2.89. The lowest BCUT2D eigenvalue weighted by atomic mass is 10.1. The van der Waals surface area contributed by atoms with Gasteiger partial charge in [0.1, 0.15) is 24.6 Å². The first kappa shape index (κ1) is 13.0. The molecule has 22 heavy (non-hydrogen) atoms. The van der Waals surface area contributed by atoms with Gasteiger partial charge in [0.15, 0.2) is 11.5 Å². The Morgan fingerprint density at radius 1 is 1.09 bits per heavy atom. The second-order valence-corrected chi connectivity index (χ2v) is 5.20. The van der Waals surface area contributed by atoms with E-state index in [1.165, 1.54) is 0 Å². The van der Waals surface area contributed by atoms with Crippen LogP contribution in [0.25, 0.3) is 16.9 Å². The lowest BCUT2D eigenvalue weighted by Crippen LogP contribution is -2.15. The van der Waals surface area contributed by atoms with E-state index in [0.717, 1.165) is 39.8 Å². The van der Waals surface area contributed by atoms with Crippen LogP contribution in [0.4, 0.5) is 0 Å². The third-order valence-electron chi connectivity index (χ3n) is 3.82. The van der Waals surface area contributed by atoms with Gasteiger partial charge in [-0.2, -0.15) is 0 Å². The molecule has 1 aliphatic rings. The fraction of sp³-hybridized carbons (Fsp3) is 0.235. The van der Waals surface area contributed by atoms with Gasteiger partial charge in [-0.1, -0.05) is 0 Å². The Morgan fingerprint density at radius 2 is 1.91 bits per heavy atom. The monoisotopic (exact) mass is 296 g/mol. The summed E-state index contributed by atoms with van der Waals surface area (Å²) in [6, 6.07) is 9.85. The van der Waals surface area contributed by atoms with Gasteiger partial charge in [-0.3, -0.25) is 4.40 Å². The molecule has 0 bridgehead atoms. The lowest BCUT2D eigenvalue weighted by molar-refractivity contribution is 0.171. The standard InChI is InChI=1S/C17H16N2O3/c1-11-17(19-6-5-13(20-2)10-16(19)18-11)12-3-4-14-15(9-12)22-8-7-21-14/h3-6,9-10H,7-8H2,1-2H3. The Hall–Kier alpha value is -2.69. The smallest absolute Gasteiger partial charge is 0.162 e. The number of aryl methyl sites for hydroxylation is 1.